The van der Waals surface area contributed by atoms with E-state index in [2.05, 4.69) is 5.32 Å². The van der Waals surface area contributed by atoms with Gasteiger partial charge in [-0.3, -0.25) is 0 Å². The van der Waals surface area contributed by atoms with Crippen LogP contribution in [0.5, 0.6) is 0 Å². The maximum absolute atomic E-state index is 13.0. The number of benzene rings is 1. The lowest BCUT2D eigenvalue weighted by atomic mass is 9.84. The Bertz CT molecular complexity index is 450. The number of rotatable bonds is 4. The molecule has 1 unspecified atom stereocenters. The summed E-state index contributed by atoms with van der Waals surface area (Å²) in [6.45, 7) is -0.0255. The first kappa shape index (κ1) is 13.8. The van der Waals surface area contributed by atoms with Gasteiger partial charge in [0.1, 0.15) is 11.4 Å². The molecular formula is C13H16FNO4. The summed E-state index contributed by atoms with van der Waals surface area (Å²) in [6, 6.07) is 5.60. The molecule has 0 aromatic heterocycles. The molecule has 0 bridgehead atoms. The minimum absolute atomic E-state index is 0.0720. The fourth-order valence-corrected chi connectivity index (χ4v) is 2.29. The van der Waals surface area contributed by atoms with E-state index in [1.807, 2.05) is 0 Å². The van der Waals surface area contributed by atoms with Crippen LogP contribution >= 0.6 is 0 Å². The third-order valence-electron chi connectivity index (χ3n) is 3.23. The number of hydrogen-bond donors (Lipinski definition) is 3. The lowest BCUT2D eigenvalue weighted by molar-refractivity contribution is -0.0591. The first-order valence-corrected chi connectivity index (χ1v) is 6.07. The molecule has 5 nitrogen and oxygen atoms in total. The molecule has 1 amide bonds. The number of cyclic esters (lactones) is 1. The van der Waals surface area contributed by atoms with Gasteiger partial charge in [-0.05, 0) is 17.7 Å². The second-order valence-corrected chi connectivity index (χ2v) is 4.61. The summed E-state index contributed by atoms with van der Waals surface area (Å²) in [7, 11) is 0. The van der Waals surface area contributed by atoms with Crippen LogP contribution in [0.4, 0.5) is 9.18 Å². The third-order valence-corrected chi connectivity index (χ3v) is 3.23. The van der Waals surface area contributed by atoms with E-state index in [-0.39, 0.29) is 12.2 Å². The van der Waals surface area contributed by atoms with Crippen LogP contribution in [0.1, 0.15) is 18.4 Å². The van der Waals surface area contributed by atoms with Gasteiger partial charge in [-0.25, -0.2) is 9.18 Å². The van der Waals surface area contributed by atoms with Gasteiger partial charge in [0, 0.05) is 19.4 Å². The molecule has 2 atom stereocenters. The second kappa shape index (κ2) is 5.54. The molecule has 1 fully saturated rings. The van der Waals surface area contributed by atoms with Crippen molar-refractivity contribution in [1.82, 2.24) is 5.32 Å². The van der Waals surface area contributed by atoms with E-state index in [1.165, 1.54) is 24.3 Å². The van der Waals surface area contributed by atoms with Crippen molar-refractivity contribution in [3.63, 3.8) is 0 Å². The van der Waals surface area contributed by atoms with Gasteiger partial charge in [-0.1, -0.05) is 12.1 Å². The number of alkyl carbamates (subject to hydrolysis) is 1. The molecule has 1 saturated heterocycles. The molecule has 1 aromatic carbocycles. The summed E-state index contributed by atoms with van der Waals surface area (Å²) in [4.78, 5) is 11.4. The number of carbonyl (C=O) groups is 1. The second-order valence-electron chi connectivity index (χ2n) is 4.61. The highest BCUT2D eigenvalue weighted by Crippen LogP contribution is 2.36. The van der Waals surface area contributed by atoms with E-state index in [9.17, 15) is 14.3 Å². The predicted octanol–water partition coefficient (Wildman–Crippen LogP) is 0.894. The zero-order valence-electron chi connectivity index (χ0n) is 10.3. The van der Waals surface area contributed by atoms with Crippen LogP contribution in [0.15, 0.2) is 24.3 Å². The maximum Gasteiger partial charge on any atom is 0.408 e. The Morgan fingerprint density at radius 1 is 1.42 bits per heavy atom. The van der Waals surface area contributed by atoms with Gasteiger partial charge in [0.25, 0.3) is 0 Å². The summed E-state index contributed by atoms with van der Waals surface area (Å²) in [5.74, 6) is -0.387. The van der Waals surface area contributed by atoms with Gasteiger partial charge >= 0.3 is 6.09 Å². The van der Waals surface area contributed by atoms with Gasteiger partial charge in [0.05, 0.1) is 12.7 Å². The molecule has 0 radical (unpaired) electrons. The van der Waals surface area contributed by atoms with Crippen molar-refractivity contribution in [3.8, 4) is 0 Å². The Kier molecular flexibility index (Phi) is 4.01. The monoisotopic (exact) mass is 269 g/mol. The highest BCUT2D eigenvalue weighted by molar-refractivity contribution is 5.69. The first-order valence-electron chi connectivity index (χ1n) is 6.07. The van der Waals surface area contributed by atoms with Crippen LogP contribution in [0, 0.1) is 5.82 Å². The molecule has 0 saturated carbocycles. The molecule has 0 spiro atoms. The molecular weight excluding hydrogens is 253 g/mol. The van der Waals surface area contributed by atoms with Crippen LogP contribution in [0.2, 0.25) is 0 Å². The van der Waals surface area contributed by atoms with Crippen LogP contribution in [-0.2, 0) is 10.3 Å². The minimum atomic E-state index is -1.03. The first-order chi connectivity index (χ1) is 9.05. The quantitative estimate of drug-likeness (QED) is 0.758. The maximum atomic E-state index is 13.0. The van der Waals surface area contributed by atoms with Crippen molar-refractivity contribution in [3.05, 3.63) is 35.6 Å². The van der Waals surface area contributed by atoms with E-state index in [1.54, 1.807) is 0 Å². The van der Waals surface area contributed by atoms with Crippen molar-refractivity contribution in [2.24, 2.45) is 0 Å². The Morgan fingerprint density at radius 2 is 2.11 bits per heavy atom. The van der Waals surface area contributed by atoms with Gasteiger partial charge in [-0.15, -0.1) is 0 Å². The predicted molar refractivity (Wildman–Crippen MR) is 64.9 cm³/mol. The molecule has 1 aliphatic heterocycles. The topological polar surface area (TPSA) is 78.8 Å². The molecule has 104 valence electrons. The zero-order valence-corrected chi connectivity index (χ0v) is 10.3. The van der Waals surface area contributed by atoms with E-state index in [0.717, 1.165) is 0 Å². The van der Waals surface area contributed by atoms with Gasteiger partial charge in [0.15, 0.2) is 0 Å². The van der Waals surface area contributed by atoms with Crippen LogP contribution in [0.3, 0.4) is 0 Å². The molecule has 0 aliphatic carbocycles. The normalized spacial score (nSPS) is 24.5. The Balaban J connectivity index is 2.32. The van der Waals surface area contributed by atoms with Gasteiger partial charge in [0.2, 0.25) is 0 Å². The fraction of sp³-hybridized carbons (Fsp3) is 0.462. The van der Waals surface area contributed by atoms with Crippen molar-refractivity contribution in [1.29, 1.82) is 0 Å². The Morgan fingerprint density at radius 3 is 2.68 bits per heavy atom. The summed E-state index contributed by atoms with van der Waals surface area (Å²) in [5.41, 5.74) is -0.422. The highest BCUT2D eigenvalue weighted by atomic mass is 19.1. The zero-order chi connectivity index (χ0) is 13.9. The molecule has 3 N–H and O–H groups in total. The van der Waals surface area contributed by atoms with Crippen LogP contribution < -0.4 is 5.32 Å². The SMILES string of the molecule is O=C1NCC[C@](CC(O)CO)(c2ccc(F)cc2)O1. The van der Waals surface area contributed by atoms with Crippen LogP contribution in [-0.4, -0.2) is 35.6 Å². The fourth-order valence-electron chi connectivity index (χ4n) is 2.29. The van der Waals surface area contributed by atoms with Crippen molar-refractivity contribution in [2.45, 2.75) is 24.5 Å². The Hall–Kier alpha value is -1.66. The van der Waals surface area contributed by atoms with Crippen molar-refractivity contribution >= 4 is 6.09 Å². The number of nitrogens with one attached hydrogen (secondary N) is 1. The lowest BCUT2D eigenvalue weighted by Crippen LogP contribution is -2.47. The summed E-state index contributed by atoms with van der Waals surface area (Å²) in [5, 5.41) is 21.1. The van der Waals surface area contributed by atoms with E-state index >= 15 is 0 Å². The Labute approximate surface area is 110 Å². The summed E-state index contributed by atoms with van der Waals surface area (Å²) < 4.78 is 18.3. The number of carbonyl (C=O) groups excluding carboxylic acids is 1. The third kappa shape index (κ3) is 3.02. The number of ether oxygens (including phenoxy) is 1. The molecule has 1 heterocycles. The molecule has 6 heteroatoms. The summed E-state index contributed by atoms with van der Waals surface area (Å²) in [6.07, 6.45) is -1.07. The largest absolute Gasteiger partial charge is 0.438 e. The van der Waals surface area contributed by atoms with Crippen molar-refractivity contribution in [2.75, 3.05) is 13.2 Å². The molecule has 1 aliphatic rings. The highest BCUT2D eigenvalue weighted by Gasteiger charge is 2.40. The van der Waals surface area contributed by atoms with Gasteiger partial charge < -0.3 is 20.3 Å². The number of hydrogen-bond acceptors (Lipinski definition) is 4. The number of amides is 1. The average molecular weight is 269 g/mol. The molecule has 1 aromatic rings. The van der Waals surface area contributed by atoms with E-state index in [4.69, 9.17) is 9.84 Å². The average Bonchev–Trinajstić information content (AvgIpc) is 2.39. The van der Waals surface area contributed by atoms with Crippen molar-refractivity contribution < 1.29 is 24.1 Å². The number of halogens is 1. The van der Waals surface area contributed by atoms with Crippen LogP contribution in [0.25, 0.3) is 0 Å². The van der Waals surface area contributed by atoms with Gasteiger partial charge in [-0.2, -0.15) is 0 Å². The lowest BCUT2D eigenvalue weighted by Gasteiger charge is -2.38. The summed E-state index contributed by atoms with van der Waals surface area (Å²) >= 11 is 0. The van der Waals surface area contributed by atoms with E-state index in [0.29, 0.717) is 18.5 Å². The standard InChI is InChI=1S/C13H16FNO4/c14-10-3-1-9(2-4-10)13(7-11(17)8-16)5-6-15-12(18)19-13/h1-4,11,16-17H,5-8H2,(H,15,18)/t11?,13-/m0/s1. The smallest absolute Gasteiger partial charge is 0.408 e. The van der Waals surface area contributed by atoms with E-state index < -0.39 is 24.4 Å². The number of aliphatic hydroxyl groups is 2. The minimum Gasteiger partial charge on any atom is -0.438 e. The molecule has 2 rings (SSSR count). The molecule has 19 heavy (non-hydrogen) atoms. The number of aliphatic hydroxyl groups excluding tert-OH is 2.